The first kappa shape index (κ1) is 12.1. The second-order valence-corrected chi connectivity index (χ2v) is 3.60. The number of nitro benzene ring substituents is 1. The Morgan fingerprint density at radius 2 is 1.89 bits per heavy atom. The number of pyridine rings is 1. The molecule has 0 aliphatic rings. The van der Waals surface area contributed by atoms with Crippen molar-refractivity contribution in [3.8, 4) is 0 Å². The first-order chi connectivity index (χ1) is 8.61. The Hall–Kier alpha value is -2.34. The maximum atomic E-state index is 13.4. The number of para-hydroxylation sites is 1. The molecule has 1 aromatic carbocycles. The van der Waals surface area contributed by atoms with Gasteiger partial charge in [0.15, 0.2) is 0 Å². The number of benzene rings is 1. The summed E-state index contributed by atoms with van der Waals surface area (Å²) < 4.78 is 13.4. The molecule has 2 aromatic rings. The third kappa shape index (κ3) is 2.18. The van der Waals surface area contributed by atoms with Gasteiger partial charge in [-0.1, -0.05) is 12.1 Å². The molecule has 0 amide bonds. The Morgan fingerprint density at radius 1 is 1.22 bits per heavy atom. The first-order valence-electron chi connectivity index (χ1n) is 5.13. The van der Waals surface area contributed by atoms with E-state index in [1.807, 2.05) is 0 Å². The third-order valence-corrected chi connectivity index (χ3v) is 2.51. The van der Waals surface area contributed by atoms with Gasteiger partial charge in [-0.15, -0.1) is 0 Å². The van der Waals surface area contributed by atoms with E-state index in [4.69, 9.17) is 0 Å². The van der Waals surface area contributed by atoms with Crippen LogP contribution in [0.15, 0.2) is 42.6 Å². The van der Waals surface area contributed by atoms with Crippen molar-refractivity contribution in [3.63, 3.8) is 0 Å². The molecule has 0 aliphatic heterocycles. The Morgan fingerprint density at radius 3 is 2.56 bits per heavy atom. The smallest absolute Gasteiger partial charge is 0.275 e. The minimum Gasteiger partial charge on any atom is -0.383 e. The maximum absolute atomic E-state index is 13.4. The van der Waals surface area contributed by atoms with E-state index in [0.717, 1.165) is 0 Å². The summed E-state index contributed by atoms with van der Waals surface area (Å²) in [5.74, 6) is -0.844. The van der Waals surface area contributed by atoms with Crippen LogP contribution in [0.3, 0.4) is 0 Å². The van der Waals surface area contributed by atoms with Crippen LogP contribution in [0, 0.1) is 16.1 Å². The van der Waals surface area contributed by atoms with E-state index >= 15 is 0 Å². The lowest BCUT2D eigenvalue weighted by Gasteiger charge is -2.11. The molecule has 1 N–H and O–H groups in total. The van der Waals surface area contributed by atoms with Crippen LogP contribution in [-0.4, -0.2) is 15.0 Å². The molecule has 0 saturated carbocycles. The molecule has 2 rings (SSSR count). The van der Waals surface area contributed by atoms with Crippen LogP contribution in [-0.2, 0) is 0 Å². The fourth-order valence-electron chi connectivity index (χ4n) is 1.65. The molecule has 0 bridgehead atoms. The quantitative estimate of drug-likeness (QED) is 0.513. The molecule has 1 heterocycles. The van der Waals surface area contributed by atoms with E-state index in [-0.39, 0.29) is 16.8 Å². The van der Waals surface area contributed by atoms with E-state index in [2.05, 4.69) is 4.98 Å². The number of nitrogens with zero attached hydrogens (tertiary/aromatic N) is 2. The second-order valence-electron chi connectivity index (χ2n) is 3.60. The third-order valence-electron chi connectivity index (χ3n) is 2.51. The molecule has 0 aliphatic carbocycles. The summed E-state index contributed by atoms with van der Waals surface area (Å²) in [5, 5.41) is 20.8. The van der Waals surface area contributed by atoms with Crippen molar-refractivity contribution in [3.05, 3.63) is 69.8 Å². The van der Waals surface area contributed by atoms with Gasteiger partial charge in [-0.25, -0.2) is 4.98 Å². The molecule has 92 valence electrons. The highest BCUT2D eigenvalue weighted by Crippen LogP contribution is 2.30. The zero-order chi connectivity index (χ0) is 13.1. The largest absolute Gasteiger partial charge is 0.383 e. The van der Waals surface area contributed by atoms with Crippen LogP contribution in [0.25, 0.3) is 0 Å². The van der Waals surface area contributed by atoms with E-state index in [1.54, 1.807) is 6.07 Å². The Kier molecular flexibility index (Phi) is 3.29. The summed E-state index contributed by atoms with van der Waals surface area (Å²) in [6.45, 7) is 0. The van der Waals surface area contributed by atoms with Crippen LogP contribution in [0.4, 0.5) is 10.1 Å². The van der Waals surface area contributed by atoms with Gasteiger partial charge in [0, 0.05) is 17.8 Å². The molecule has 1 unspecified atom stereocenters. The normalized spacial score (nSPS) is 12.1. The average molecular weight is 248 g/mol. The molecule has 6 heteroatoms. The van der Waals surface area contributed by atoms with E-state index in [9.17, 15) is 19.6 Å². The Balaban J connectivity index is 2.50. The second kappa shape index (κ2) is 4.89. The lowest BCUT2D eigenvalue weighted by molar-refractivity contribution is -0.386. The van der Waals surface area contributed by atoms with Crippen molar-refractivity contribution in [1.82, 2.24) is 4.98 Å². The highest BCUT2D eigenvalue weighted by molar-refractivity contribution is 5.44. The van der Waals surface area contributed by atoms with Crippen molar-refractivity contribution < 1.29 is 14.4 Å². The fraction of sp³-hybridized carbons (Fsp3) is 0.0833. The van der Waals surface area contributed by atoms with Gasteiger partial charge in [0.05, 0.1) is 10.5 Å². The molecule has 1 aromatic heterocycles. The number of rotatable bonds is 3. The number of aromatic nitrogens is 1. The average Bonchev–Trinajstić information content (AvgIpc) is 2.38. The van der Waals surface area contributed by atoms with Crippen molar-refractivity contribution in [2.45, 2.75) is 6.10 Å². The van der Waals surface area contributed by atoms with Crippen LogP contribution in [0.2, 0.25) is 0 Å². The van der Waals surface area contributed by atoms with Crippen LogP contribution < -0.4 is 0 Å². The zero-order valence-electron chi connectivity index (χ0n) is 9.15. The standard InChI is InChI=1S/C12H9FN2O3/c13-12-9(5-3-7-14-12)11(16)8-4-1-2-6-10(8)15(17)18/h1-7,11,16H. The summed E-state index contributed by atoms with van der Waals surface area (Å²) in [4.78, 5) is 13.6. The SMILES string of the molecule is O=[N+]([O-])c1ccccc1C(O)c1cccnc1F. The Bertz CT molecular complexity index is 589. The first-order valence-corrected chi connectivity index (χ1v) is 5.13. The minimum absolute atomic E-state index is 0.0365. The Labute approximate surface area is 102 Å². The molecule has 18 heavy (non-hydrogen) atoms. The van der Waals surface area contributed by atoms with Crippen molar-refractivity contribution >= 4 is 5.69 Å². The molecule has 1 atom stereocenters. The highest BCUT2D eigenvalue weighted by Gasteiger charge is 2.23. The summed E-state index contributed by atoms with van der Waals surface area (Å²) in [6.07, 6.45) is -0.175. The number of hydrogen-bond acceptors (Lipinski definition) is 4. The van der Waals surface area contributed by atoms with Gasteiger partial charge in [0.25, 0.3) is 5.69 Å². The van der Waals surface area contributed by atoms with E-state index < -0.39 is 17.0 Å². The van der Waals surface area contributed by atoms with Crippen molar-refractivity contribution in [2.75, 3.05) is 0 Å². The summed E-state index contributed by atoms with van der Waals surface area (Å²) in [6, 6.07) is 8.45. The minimum atomic E-state index is -1.42. The molecular weight excluding hydrogens is 239 g/mol. The van der Waals surface area contributed by atoms with Gasteiger partial charge in [-0.3, -0.25) is 10.1 Å². The predicted molar refractivity (Wildman–Crippen MR) is 61.4 cm³/mol. The highest BCUT2D eigenvalue weighted by atomic mass is 19.1. The van der Waals surface area contributed by atoms with E-state index in [1.165, 1.54) is 36.5 Å². The van der Waals surface area contributed by atoms with Crippen LogP contribution in [0.1, 0.15) is 17.2 Å². The number of halogens is 1. The molecule has 0 spiro atoms. The monoisotopic (exact) mass is 248 g/mol. The summed E-state index contributed by atoms with van der Waals surface area (Å²) in [7, 11) is 0. The van der Waals surface area contributed by atoms with Gasteiger partial charge in [-0.05, 0) is 18.2 Å². The lowest BCUT2D eigenvalue weighted by Crippen LogP contribution is -2.06. The summed E-state index contributed by atoms with van der Waals surface area (Å²) >= 11 is 0. The van der Waals surface area contributed by atoms with E-state index in [0.29, 0.717) is 0 Å². The molecule has 0 radical (unpaired) electrons. The van der Waals surface area contributed by atoms with Crippen molar-refractivity contribution in [1.29, 1.82) is 0 Å². The molecule has 0 fully saturated rings. The maximum Gasteiger partial charge on any atom is 0.275 e. The number of aliphatic hydroxyl groups is 1. The van der Waals surface area contributed by atoms with Gasteiger partial charge in [0.1, 0.15) is 6.10 Å². The number of nitro groups is 1. The zero-order valence-corrected chi connectivity index (χ0v) is 9.15. The van der Waals surface area contributed by atoms with Crippen LogP contribution >= 0.6 is 0 Å². The summed E-state index contributed by atoms with van der Waals surface area (Å²) in [5.41, 5.74) is -0.311. The molecular formula is C12H9FN2O3. The number of hydrogen-bond donors (Lipinski definition) is 1. The van der Waals surface area contributed by atoms with Gasteiger partial charge >= 0.3 is 0 Å². The van der Waals surface area contributed by atoms with Gasteiger partial charge < -0.3 is 5.11 Å². The predicted octanol–water partition coefficient (Wildman–Crippen LogP) is 2.21. The van der Waals surface area contributed by atoms with Gasteiger partial charge in [0.2, 0.25) is 5.95 Å². The van der Waals surface area contributed by atoms with Crippen LogP contribution in [0.5, 0.6) is 0 Å². The molecule has 5 nitrogen and oxygen atoms in total. The topological polar surface area (TPSA) is 76.3 Å². The van der Waals surface area contributed by atoms with Crippen molar-refractivity contribution in [2.24, 2.45) is 0 Å². The van der Waals surface area contributed by atoms with Gasteiger partial charge in [-0.2, -0.15) is 4.39 Å². The fourth-order valence-corrected chi connectivity index (χ4v) is 1.65. The molecule has 0 saturated heterocycles. The number of aliphatic hydroxyl groups excluding tert-OH is 1. The lowest BCUT2D eigenvalue weighted by atomic mass is 10.0.